The standard InChI is InChI=1S/C51H95N15O11/c1-9-31(8)41(65-42(68)32(54)16-14-24-58-51(56)57)49(75)66-25-15-19-38(66)47(73)60-34(18-11-13-23-53)45(71)64-40(30(6)7)48(74)61-35(20-21-39(55)67)44(70)59-33(17-10-12-22-52)43(69)62-36(26-28(2)3)46(72)63-37(50(76)77)27-29(4)5/h28-38,40-41H,9-27,52-54H2,1-8H3,(H2,55,67)(H,59,70)(H,60,73)(H,61,74)(H,62,69)(H,63,72)(H,64,71)(H,65,68)(H,76,77)(H4,56,57,58)/t31-,32-,33-,34-,35-,36-,37-,38-,40-,41-/m0/s1. The van der Waals surface area contributed by atoms with E-state index in [0.717, 1.165) is 0 Å². The molecule has 77 heavy (non-hydrogen) atoms. The number of rotatable bonds is 38. The Morgan fingerprint density at radius 2 is 1.06 bits per heavy atom. The highest BCUT2D eigenvalue weighted by Gasteiger charge is 2.41. The zero-order valence-corrected chi connectivity index (χ0v) is 46.8. The molecule has 0 spiro atoms. The first kappa shape index (κ1) is 68.9. The fourth-order valence-corrected chi connectivity index (χ4v) is 8.69. The van der Waals surface area contributed by atoms with Crippen LogP contribution in [-0.4, -0.2) is 156 Å². The number of nitrogens with zero attached hydrogens (tertiary/aromatic N) is 2. The van der Waals surface area contributed by atoms with E-state index >= 15 is 0 Å². The Balaban J connectivity index is 3.44. The predicted molar refractivity (Wildman–Crippen MR) is 291 cm³/mol. The number of amides is 9. The molecule has 0 aromatic heterocycles. The molecule has 1 saturated heterocycles. The smallest absolute Gasteiger partial charge is 0.326 e. The molecule has 10 atom stereocenters. The van der Waals surface area contributed by atoms with Crippen molar-refractivity contribution in [3.05, 3.63) is 0 Å². The maximum atomic E-state index is 14.2. The highest BCUT2D eigenvalue weighted by atomic mass is 16.4. The topological polar surface area (TPSA) is 447 Å². The van der Waals surface area contributed by atoms with E-state index < -0.39 is 119 Å². The van der Waals surface area contributed by atoms with Crippen LogP contribution in [0.2, 0.25) is 0 Å². The Kier molecular flexibility index (Phi) is 32.2. The van der Waals surface area contributed by atoms with Crippen molar-refractivity contribution >= 4 is 65.1 Å². The Labute approximate surface area is 454 Å². The SMILES string of the molecule is CC[C@H](C)[C@H](NC(=O)[C@@H](N)CCCN=C(N)N)C(=O)N1CCC[C@H]1C(=O)N[C@@H](CCCCN)C(=O)N[C@H](C(=O)N[C@@H](CCC(N)=O)C(=O)N[C@@H](CCCCN)C(=O)N[C@@H](CC(C)C)C(=O)N[C@@H](CC(C)C)C(=O)O)C(C)C. The second-order valence-electron chi connectivity index (χ2n) is 21.3. The highest BCUT2D eigenvalue weighted by molar-refractivity contribution is 5.98. The van der Waals surface area contributed by atoms with E-state index in [9.17, 15) is 53.1 Å². The average Bonchev–Trinajstić information content (AvgIpc) is 3.85. The lowest BCUT2D eigenvalue weighted by Gasteiger charge is -2.33. The molecule has 1 fully saturated rings. The van der Waals surface area contributed by atoms with Crippen LogP contribution in [0, 0.1) is 23.7 Å². The summed E-state index contributed by atoms with van der Waals surface area (Å²) in [4.78, 5) is 141. The van der Waals surface area contributed by atoms with Gasteiger partial charge in [-0.05, 0) is 120 Å². The number of hydrogen-bond acceptors (Lipinski definition) is 14. The molecule has 0 radical (unpaired) electrons. The molecule has 0 bridgehead atoms. The van der Waals surface area contributed by atoms with Crippen molar-refractivity contribution in [3.8, 4) is 0 Å². The molecule has 1 aliphatic heterocycles. The van der Waals surface area contributed by atoms with Crippen molar-refractivity contribution in [1.29, 1.82) is 0 Å². The number of nitrogens with two attached hydrogens (primary N) is 6. The van der Waals surface area contributed by atoms with Gasteiger partial charge in [0, 0.05) is 19.5 Å². The van der Waals surface area contributed by atoms with Gasteiger partial charge in [0.2, 0.25) is 53.2 Å². The summed E-state index contributed by atoms with van der Waals surface area (Å²) in [7, 11) is 0. The van der Waals surface area contributed by atoms with Gasteiger partial charge in [0.15, 0.2) is 5.96 Å². The van der Waals surface area contributed by atoms with Gasteiger partial charge in [-0.3, -0.25) is 48.1 Å². The molecule has 0 aliphatic carbocycles. The van der Waals surface area contributed by atoms with Crippen molar-refractivity contribution in [3.63, 3.8) is 0 Å². The number of carbonyl (C=O) groups excluding carboxylic acids is 9. The lowest BCUT2D eigenvalue weighted by molar-refractivity contribution is -0.143. The summed E-state index contributed by atoms with van der Waals surface area (Å²) in [6, 6.07) is -10.6. The third kappa shape index (κ3) is 25.7. The first-order chi connectivity index (χ1) is 36.2. The van der Waals surface area contributed by atoms with Crippen molar-refractivity contribution in [1.82, 2.24) is 42.1 Å². The Morgan fingerprint density at radius 1 is 0.584 bits per heavy atom. The summed E-state index contributed by atoms with van der Waals surface area (Å²) in [5, 5.41) is 28.6. The van der Waals surface area contributed by atoms with Gasteiger partial charge in [-0.25, -0.2) is 4.79 Å². The van der Waals surface area contributed by atoms with Crippen molar-refractivity contribution in [2.45, 2.75) is 206 Å². The van der Waals surface area contributed by atoms with Crippen LogP contribution in [0.25, 0.3) is 0 Å². The zero-order chi connectivity index (χ0) is 58.5. The van der Waals surface area contributed by atoms with Crippen molar-refractivity contribution in [2.75, 3.05) is 26.2 Å². The van der Waals surface area contributed by atoms with Crippen LogP contribution in [0.4, 0.5) is 0 Å². The van der Waals surface area contributed by atoms with Crippen LogP contribution in [-0.2, 0) is 47.9 Å². The summed E-state index contributed by atoms with van der Waals surface area (Å²) < 4.78 is 0. The third-order valence-corrected chi connectivity index (χ3v) is 13.3. The minimum Gasteiger partial charge on any atom is -0.480 e. The van der Waals surface area contributed by atoms with Gasteiger partial charge >= 0.3 is 5.97 Å². The van der Waals surface area contributed by atoms with Crippen molar-refractivity contribution in [2.24, 2.45) is 63.1 Å². The Morgan fingerprint density at radius 3 is 1.57 bits per heavy atom. The summed E-state index contributed by atoms with van der Waals surface area (Å²) >= 11 is 0. The fraction of sp³-hybridized carbons (Fsp3) is 0.784. The first-order valence-electron chi connectivity index (χ1n) is 27.3. The molecule has 0 saturated carbocycles. The molecular formula is C51H95N15O11. The van der Waals surface area contributed by atoms with Crippen LogP contribution in [0.15, 0.2) is 4.99 Å². The first-order valence-corrected chi connectivity index (χ1v) is 27.3. The quantitative estimate of drug-likeness (QED) is 0.0183. The van der Waals surface area contributed by atoms with Crippen LogP contribution in [0.1, 0.15) is 152 Å². The summed E-state index contributed by atoms with van der Waals surface area (Å²) in [5.74, 6) is -8.87. The maximum absolute atomic E-state index is 14.2. The summed E-state index contributed by atoms with van der Waals surface area (Å²) in [6.45, 7) is 15.2. The number of aliphatic carboxylic acids is 1. The molecule has 9 amide bonds. The second-order valence-corrected chi connectivity index (χ2v) is 21.3. The number of hydrogen-bond donors (Lipinski definition) is 14. The number of aliphatic imine (C=N–C) groups is 1. The van der Waals surface area contributed by atoms with E-state index in [-0.39, 0.29) is 101 Å². The van der Waals surface area contributed by atoms with E-state index in [1.807, 2.05) is 20.8 Å². The lowest BCUT2D eigenvalue weighted by atomic mass is 9.96. The molecule has 0 unspecified atom stereocenters. The van der Waals surface area contributed by atoms with Gasteiger partial charge in [0.05, 0.1) is 6.04 Å². The monoisotopic (exact) mass is 1090 g/mol. The molecule has 26 nitrogen and oxygen atoms in total. The lowest BCUT2D eigenvalue weighted by Crippen LogP contribution is -2.61. The molecule has 1 rings (SSSR count). The molecule has 20 N–H and O–H groups in total. The van der Waals surface area contributed by atoms with Gasteiger partial charge in [0.25, 0.3) is 0 Å². The van der Waals surface area contributed by atoms with E-state index in [1.54, 1.807) is 34.6 Å². The minimum absolute atomic E-state index is 0.0501. The van der Waals surface area contributed by atoms with Crippen LogP contribution >= 0.6 is 0 Å². The largest absolute Gasteiger partial charge is 0.480 e. The highest BCUT2D eigenvalue weighted by Crippen LogP contribution is 2.23. The van der Waals surface area contributed by atoms with E-state index in [2.05, 4.69) is 42.2 Å². The van der Waals surface area contributed by atoms with Crippen LogP contribution in [0.3, 0.4) is 0 Å². The van der Waals surface area contributed by atoms with E-state index in [0.29, 0.717) is 44.9 Å². The number of nitrogens with one attached hydrogen (secondary N) is 7. The number of primary amides is 1. The molecular weight excluding hydrogens is 999 g/mol. The number of unbranched alkanes of at least 4 members (excludes halogenated alkanes) is 2. The third-order valence-electron chi connectivity index (χ3n) is 13.3. The minimum atomic E-state index is -1.47. The molecule has 1 aliphatic rings. The number of carboxylic acid groups (broad SMARTS) is 1. The zero-order valence-electron chi connectivity index (χ0n) is 46.8. The van der Waals surface area contributed by atoms with Gasteiger partial charge in [-0.2, -0.15) is 0 Å². The van der Waals surface area contributed by atoms with Crippen molar-refractivity contribution < 1.29 is 53.1 Å². The van der Waals surface area contributed by atoms with E-state index in [4.69, 9.17) is 34.4 Å². The Bertz CT molecular complexity index is 1970. The molecule has 26 heteroatoms. The van der Waals surface area contributed by atoms with Gasteiger partial charge in [-0.15, -0.1) is 0 Å². The number of guanidine groups is 1. The summed E-state index contributed by atoms with van der Waals surface area (Å²) in [5.41, 5.74) is 33.9. The fourth-order valence-electron chi connectivity index (χ4n) is 8.69. The molecule has 1 heterocycles. The molecule has 0 aromatic rings. The van der Waals surface area contributed by atoms with Gasteiger partial charge in [0.1, 0.15) is 48.3 Å². The van der Waals surface area contributed by atoms with Crippen LogP contribution in [0.5, 0.6) is 0 Å². The second kappa shape index (κ2) is 36.0. The van der Waals surface area contributed by atoms with E-state index in [1.165, 1.54) is 4.90 Å². The molecule has 440 valence electrons. The summed E-state index contributed by atoms with van der Waals surface area (Å²) in [6.07, 6.45) is 3.36. The maximum Gasteiger partial charge on any atom is 0.326 e. The van der Waals surface area contributed by atoms with Crippen LogP contribution < -0.4 is 71.6 Å². The average molecular weight is 1090 g/mol. The Hall–Kier alpha value is -6.15. The number of likely N-dealkylation sites (tertiary alicyclic amines) is 1. The number of carbonyl (C=O) groups is 10. The predicted octanol–water partition coefficient (Wildman–Crippen LogP) is -1.85. The normalized spacial score (nSPS) is 16.9. The van der Waals surface area contributed by atoms with Gasteiger partial charge < -0.3 is 81.6 Å². The molecule has 0 aromatic carbocycles. The number of carboxylic acids is 1. The van der Waals surface area contributed by atoms with Gasteiger partial charge in [-0.1, -0.05) is 61.8 Å².